The molecule has 122 valence electrons. The number of sulfonamides is 1. The van der Waals surface area contributed by atoms with Crippen molar-refractivity contribution in [2.75, 3.05) is 17.7 Å². The van der Waals surface area contributed by atoms with Crippen LogP contribution in [0.15, 0.2) is 48.5 Å². The van der Waals surface area contributed by atoms with Crippen LogP contribution in [0.25, 0.3) is 0 Å². The van der Waals surface area contributed by atoms with Crippen LogP contribution in [0.2, 0.25) is 0 Å². The molecule has 0 aliphatic heterocycles. The number of anilines is 1. The van der Waals surface area contributed by atoms with E-state index in [0.717, 1.165) is 19.4 Å². The van der Waals surface area contributed by atoms with Gasteiger partial charge in [0.2, 0.25) is 10.0 Å². The quantitative estimate of drug-likeness (QED) is 0.787. The van der Waals surface area contributed by atoms with Crippen LogP contribution in [-0.2, 0) is 21.3 Å². The number of carbonyl (C=O) groups is 1. The van der Waals surface area contributed by atoms with Crippen molar-refractivity contribution in [3.8, 4) is 0 Å². The van der Waals surface area contributed by atoms with E-state index in [1.54, 1.807) is 30.3 Å². The first kappa shape index (κ1) is 17.0. The fourth-order valence-corrected chi connectivity index (χ4v) is 2.98. The standard InChI is InChI=1S/C16H16FNO4S/c1-22-16(19)14-9-8-12(10-15(14)17)11-18(23(2,20)21)13-6-4-3-5-7-13/h3-10H,11H2,1-2H3. The van der Waals surface area contributed by atoms with Gasteiger partial charge in [-0.05, 0) is 29.8 Å². The number of esters is 1. The summed E-state index contributed by atoms with van der Waals surface area (Å²) in [4.78, 5) is 11.4. The van der Waals surface area contributed by atoms with Crippen molar-refractivity contribution in [1.29, 1.82) is 0 Å². The third kappa shape index (κ3) is 4.07. The number of halogens is 1. The third-order valence-electron chi connectivity index (χ3n) is 3.21. The van der Waals surface area contributed by atoms with E-state index >= 15 is 0 Å². The number of ether oxygens (including phenoxy) is 1. The van der Waals surface area contributed by atoms with Crippen molar-refractivity contribution in [1.82, 2.24) is 0 Å². The van der Waals surface area contributed by atoms with Crippen LogP contribution in [-0.4, -0.2) is 27.8 Å². The number of benzene rings is 2. The Labute approximate surface area is 134 Å². The summed E-state index contributed by atoms with van der Waals surface area (Å²) in [6, 6.07) is 12.4. The predicted molar refractivity (Wildman–Crippen MR) is 85.2 cm³/mol. The number of carbonyl (C=O) groups excluding carboxylic acids is 1. The summed E-state index contributed by atoms with van der Waals surface area (Å²) in [7, 11) is -2.38. The SMILES string of the molecule is COC(=O)c1ccc(CN(c2ccccc2)S(C)(=O)=O)cc1F. The van der Waals surface area contributed by atoms with Gasteiger partial charge in [0.05, 0.1) is 31.2 Å². The average Bonchev–Trinajstić information content (AvgIpc) is 2.51. The van der Waals surface area contributed by atoms with E-state index in [4.69, 9.17) is 0 Å². The minimum atomic E-state index is -3.54. The Bertz CT molecular complexity index is 806. The fourth-order valence-electron chi connectivity index (χ4n) is 2.09. The summed E-state index contributed by atoms with van der Waals surface area (Å²) >= 11 is 0. The van der Waals surface area contributed by atoms with Gasteiger partial charge >= 0.3 is 5.97 Å². The van der Waals surface area contributed by atoms with E-state index in [1.165, 1.54) is 16.4 Å². The molecule has 0 amide bonds. The fraction of sp³-hybridized carbons (Fsp3) is 0.188. The van der Waals surface area contributed by atoms with E-state index in [0.29, 0.717) is 11.3 Å². The molecule has 5 nitrogen and oxygen atoms in total. The second kappa shape index (κ2) is 6.78. The monoisotopic (exact) mass is 337 g/mol. The maximum absolute atomic E-state index is 14.0. The molecule has 0 saturated carbocycles. The first-order chi connectivity index (χ1) is 10.8. The van der Waals surface area contributed by atoms with Gasteiger partial charge < -0.3 is 4.74 Å². The van der Waals surface area contributed by atoms with Crippen molar-refractivity contribution in [3.63, 3.8) is 0 Å². The molecule has 0 aliphatic rings. The topological polar surface area (TPSA) is 63.7 Å². The maximum atomic E-state index is 14.0. The molecule has 2 rings (SSSR count). The Balaban J connectivity index is 2.35. The lowest BCUT2D eigenvalue weighted by Gasteiger charge is -2.22. The summed E-state index contributed by atoms with van der Waals surface area (Å²) in [5.74, 6) is -1.53. The molecule has 0 spiro atoms. The van der Waals surface area contributed by atoms with Gasteiger partial charge in [0.25, 0.3) is 0 Å². The molecule has 0 N–H and O–H groups in total. The summed E-state index contributed by atoms with van der Waals surface area (Å²) < 4.78 is 43.6. The summed E-state index contributed by atoms with van der Waals surface area (Å²) in [6.07, 6.45) is 1.08. The Hall–Kier alpha value is -2.41. The number of methoxy groups -OCH3 is 1. The highest BCUT2D eigenvalue weighted by Crippen LogP contribution is 2.21. The molecule has 2 aromatic rings. The van der Waals surface area contributed by atoms with Gasteiger partial charge in [-0.2, -0.15) is 0 Å². The van der Waals surface area contributed by atoms with Crippen LogP contribution < -0.4 is 4.31 Å². The first-order valence-electron chi connectivity index (χ1n) is 6.72. The molecule has 0 saturated heterocycles. The van der Waals surface area contributed by atoms with Crippen LogP contribution >= 0.6 is 0 Å². The van der Waals surface area contributed by atoms with Crippen molar-refractivity contribution in [2.24, 2.45) is 0 Å². The van der Waals surface area contributed by atoms with Gasteiger partial charge in [0, 0.05) is 0 Å². The molecule has 0 atom stereocenters. The van der Waals surface area contributed by atoms with Gasteiger partial charge in [-0.3, -0.25) is 4.31 Å². The van der Waals surface area contributed by atoms with Crippen molar-refractivity contribution >= 4 is 21.7 Å². The molecular formula is C16H16FNO4S. The lowest BCUT2D eigenvalue weighted by Crippen LogP contribution is -2.29. The van der Waals surface area contributed by atoms with Gasteiger partial charge in [-0.1, -0.05) is 24.3 Å². The molecule has 0 unspecified atom stereocenters. The molecular weight excluding hydrogens is 321 g/mol. The van der Waals surface area contributed by atoms with Crippen molar-refractivity contribution < 1.29 is 22.3 Å². The molecule has 0 fully saturated rings. The molecule has 0 heterocycles. The van der Waals surface area contributed by atoms with Crippen molar-refractivity contribution in [3.05, 3.63) is 65.5 Å². The highest BCUT2D eigenvalue weighted by molar-refractivity contribution is 7.92. The summed E-state index contributed by atoms with van der Waals surface area (Å²) in [6.45, 7) is -0.0405. The Morgan fingerprint density at radius 1 is 1.17 bits per heavy atom. The van der Waals surface area contributed by atoms with E-state index in [1.807, 2.05) is 0 Å². The first-order valence-corrected chi connectivity index (χ1v) is 8.57. The van der Waals surface area contributed by atoms with Gasteiger partial charge in [-0.15, -0.1) is 0 Å². The third-order valence-corrected chi connectivity index (χ3v) is 4.35. The van der Waals surface area contributed by atoms with E-state index in [-0.39, 0.29) is 12.1 Å². The van der Waals surface area contributed by atoms with E-state index in [2.05, 4.69) is 4.74 Å². The molecule has 7 heteroatoms. The van der Waals surface area contributed by atoms with Crippen LogP contribution in [0.4, 0.5) is 10.1 Å². The van der Waals surface area contributed by atoms with Crippen LogP contribution in [0.5, 0.6) is 0 Å². The molecule has 2 aromatic carbocycles. The largest absolute Gasteiger partial charge is 0.465 e. The zero-order chi connectivity index (χ0) is 17.0. The van der Waals surface area contributed by atoms with Gasteiger partial charge in [0.1, 0.15) is 5.82 Å². The van der Waals surface area contributed by atoms with Gasteiger partial charge in [0.15, 0.2) is 0 Å². The van der Waals surface area contributed by atoms with E-state index < -0.39 is 21.8 Å². The van der Waals surface area contributed by atoms with Crippen molar-refractivity contribution in [2.45, 2.75) is 6.54 Å². The van der Waals surface area contributed by atoms with Crippen LogP contribution in [0.1, 0.15) is 15.9 Å². The molecule has 0 aromatic heterocycles. The minimum absolute atomic E-state index is 0.0405. The second-order valence-corrected chi connectivity index (χ2v) is 6.82. The van der Waals surface area contributed by atoms with Crippen LogP contribution in [0.3, 0.4) is 0 Å². The predicted octanol–water partition coefficient (Wildman–Crippen LogP) is 2.58. The second-order valence-electron chi connectivity index (χ2n) is 4.91. The highest BCUT2D eigenvalue weighted by Gasteiger charge is 2.19. The zero-order valence-corrected chi connectivity index (χ0v) is 13.5. The maximum Gasteiger partial charge on any atom is 0.340 e. The minimum Gasteiger partial charge on any atom is -0.465 e. The Kier molecular flexibility index (Phi) is 5.00. The molecule has 23 heavy (non-hydrogen) atoms. The summed E-state index contributed by atoms with van der Waals surface area (Å²) in [5, 5.41) is 0. The number of rotatable bonds is 5. The lowest BCUT2D eigenvalue weighted by molar-refractivity contribution is 0.0595. The lowest BCUT2D eigenvalue weighted by atomic mass is 10.1. The normalized spacial score (nSPS) is 11.1. The molecule has 0 aliphatic carbocycles. The number of hydrogen-bond acceptors (Lipinski definition) is 4. The van der Waals surface area contributed by atoms with Gasteiger partial charge in [-0.25, -0.2) is 17.6 Å². The van der Waals surface area contributed by atoms with Crippen LogP contribution in [0, 0.1) is 5.82 Å². The zero-order valence-electron chi connectivity index (χ0n) is 12.7. The highest BCUT2D eigenvalue weighted by atomic mass is 32.2. The Morgan fingerprint density at radius 3 is 2.35 bits per heavy atom. The number of nitrogens with zero attached hydrogens (tertiary/aromatic N) is 1. The number of para-hydroxylation sites is 1. The molecule has 0 bridgehead atoms. The average molecular weight is 337 g/mol. The van der Waals surface area contributed by atoms with E-state index in [9.17, 15) is 17.6 Å². The molecule has 0 radical (unpaired) electrons. The smallest absolute Gasteiger partial charge is 0.340 e. The Morgan fingerprint density at radius 2 is 1.83 bits per heavy atom. The summed E-state index contributed by atoms with van der Waals surface area (Å²) in [5.41, 5.74) is 0.707. The number of hydrogen-bond donors (Lipinski definition) is 0.